The fraction of sp³-hybridized carbons (Fsp3) is 0.500. The Morgan fingerprint density at radius 1 is 1.20 bits per heavy atom. The highest BCUT2D eigenvalue weighted by Crippen LogP contribution is 2.43. The molecule has 2 aliphatic rings. The zero-order chi connectivity index (χ0) is 14.2. The van der Waals surface area contributed by atoms with Crippen LogP contribution in [0.25, 0.3) is 0 Å². The van der Waals surface area contributed by atoms with E-state index in [2.05, 4.69) is 26.2 Å². The normalized spacial score (nSPS) is 21.1. The quantitative estimate of drug-likeness (QED) is 0.727. The first-order valence-corrected chi connectivity index (χ1v) is 8.45. The molecule has 0 amide bonds. The number of hydrogen-bond donors (Lipinski definition) is 1. The second-order valence-corrected chi connectivity index (χ2v) is 7.31. The second kappa shape index (κ2) is 5.64. The molecule has 108 valence electrons. The Hall–Kier alpha value is -0.620. The van der Waals surface area contributed by atoms with Gasteiger partial charge in [0.25, 0.3) is 0 Å². The van der Waals surface area contributed by atoms with Crippen molar-refractivity contribution in [3.63, 3.8) is 0 Å². The van der Waals surface area contributed by atoms with Crippen LogP contribution in [0.3, 0.4) is 0 Å². The van der Waals surface area contributed by atoms with Crippen molar-refractivity contribution in [3.05, 3.63) is 28.2 Å². The molecule has 1 aliphatic carbocycles. The van der Waals surface area contributed by atoms with Crippen LogP contribution in [0.4, 0.5) is 14.5 Å². The van der Waals surface area contributed by atoms with E-state index in [-0.39, 0.29) is 10.2 Å². The zero-order valence-corrected chi connectivity index (χ0v) is 13.3. The van der Waals surface area contributed by atoms with Crippen LogP contribution < -0.4 is 5.32 Å². The van der Waals surface area contributed by atoms with E-state index in [0.717, 1.165) is 24.4 Å². The number of rotatable bonds is 1. The van der Waals surface area contributed by atoms with Gasteiger partial charge >= 0.3 is 0 Å². The minimum absolute atomic E-state index is 0.128. The van der Waals surface area contributed by atoms with Gasteiger partial charge in [-0.2, -0.15) is 0 Å². The van der Waals surface area contributed by atoms with E-state index >= 15 is 0 Å². The standard InChI is InChI=1S/C14H15BrF2N2S/c15-9-5-11(17)12(6-10(9)16)19-13-18-7-14(8-20-13)3-1-2-4-14/h5-6H,1-4,7-8H2,(H,18,19). The van der Waals surface area contributed by atoms with Crippen molar-refractivity contribution in [2.45, 2.75) is 25.7 Å². The van der Waals surface area contributed by atoms with Crippen molar-refractivity contribution in [2.24, 2.45) is 10.4 Å². The third-order valence-electron chi connectivity index (χ3n) is 3.99. The number of thioether (sulfide) groups is 1. The van der Waals surface area contributed by atoms with Crippen LogP contribution >= 0.6 is 27.7 Å². The molecule has 1 heterocycles. The molecule has 0 atom stereocenters. The third kappa shape index (κ3) is 2.86. The summed E-state index contributed by atoms with van der Waals surface area (Å²) in [5.41, 5.74) is 0.485. The molecule has 2 nitrogen and oxygen atoms in total. The van der Waals surface area contributed by atoms with Gasteiger partial charge in [0.2, 0.25) is 0 Å². The Bertz CT molecular complexity index is 556. The van der Waals surface area contributed by atoms with Crippen molar-refractivity contribution in [3.8, 4) is 0 Å². The lowest BCUT2D eigenvalue weighted by atomic mass is 9.89. The minimum atomic E-state index is -0.484. The number of anilines is 1. The average Bonchev–Trinajstić information content (AvgIpc) is 2.87. The molecule has 20 heavy (non-hydrogen) atoms. The summed E-state index contributed by atoms with van der Waals surface area (Å²) >= 11 is 4.58. The first-order valence-electron chi connectivity index (χ1n) is 6.67. The Kier molecular flexibility index (Phi) is 4.04. The minimum Gasteiger partial charge on any atom is -0.333 e. The number of halogens is 3. The highest BCUT2D eigenvalue weighted by atomic mass is 79.9. The zero-order valence-electron chi connectivity index (χ0n) is 10.9. The van der Waals surface area contributed by atoms with Crippen molar-refractivity contribution < 1.29 is 8.78 Å². The van der Waals surface area contributed by atoms with E-state index < -0.39 is 11.6 Å². The van der Waals surface area contributed by atoms with Crippen LogP contribution in [0.5, 0.6) is 0 Å². The predicted molar refractivity (Wildman–Crippen MR) is 83.3 cm³/mol. The lowest BCUT2D eigenvalue weighted by Crippen LogP contribution is -2.30. The van der Waals surface area contributed by atoms with Gasteiger partial charge in [0.15, 0.2) is 5.17 Å². The molecule has 1 fully saturated rings. The van der Waals surface area contributed by atoms with Gasteiger partial charge < -0.3 is 5.32 Å². The number of aliphatic imine (C=N–C) groups is 1. The molecule has 6 heteroatoms. The van der Waals surface area contributed by atoms with E-state index in [1.807, 2.05) is 0 Å². The van der Waals surface area contributed by atoms with Gasteiger partial charge in [-0.25, -0.2) is 8.78 Å². The summed E-state index contributed by atoms with van der Waals surface area (Å²) in [6, 6.07) is 2.28. The van der Waals surface area contributed by atoms with Crippen LogP contribution in [-0.2, 0) is 0 Å². The SMILES string of the molecule is Fc1cc(NC2=NCC3(CCCC3)CS2)c(F)cc1Br. The summed E-state index contributed by atoms with van der Waals surface area (Å²) in [6.07, 6.45) is 5.03. The van der Waals surface area contributed by atoms with Gasteiger partial charge in [0.1, 0.15) is 11.6 Å². The molecule has 1 N–H and O–H groups in total. The highest BCUT2D eigenvalue weighted by Gasteiger charge is 2.36. The monoisotopic (exact) mass is 360 g/mol. The molecule has 0 saturated heterocycles. The first kappa shape index (κ1) is 14.3. The average molecular weight is 361 g/mol. The summed E-state index contributed by atoms with van der Waals surface area (Å²) in [7, 11) is 0. The molecule has 0 bridgehead atoms. The van der Waals surface area contributed by atoms with Crippen LogP contribution in [0, 0.1) is 17.0 Å². The smallest absolute Gasteiger partial charge is 0.161 e. The summed E-state index contributed by atoms with van der Waals surface area (Å²) in [4.78, 5) is 4.52. The highest BCUT2D eigenvalue weighted by molar-refractivity contribution is 9.10. The summed E-state index contributed by atoms with van der Waals surface area (Å²) in [6.45, 7) is 0.795. The molecule has 1 aliphatic heterocycles. The van der Waals surface area contributed by atoms with Crippen LogP contribution in [0.2, 0.25) is 0 Å². The van der Waals surface area contributed by atoms with E-state index in [0.29, 0.717) is 10.6 Å². The molecular formula is C14H15BrF2N2S. The van der Waals surface area contributed by atoms with E-state index in [9.17, 15) is 8.78 Å². The van der Waals surface area contributed by atoms with Gasteiger partial charge in [-0.3, -0.25) is 4.99 Å². The first-order chi connectivity index (χ1) is 9.58. The molecular weight excluding hydrogens is 346 g/mol. The maximum Gasteiger partial charge on any atom is 0.161 e. The van der Waals surface area contributed by atoms with Crippen LogP contribution in [-0.4, -0.2) is 17.5 Å². The summed E-state index contributed by atoms with van der Waals surface area (Å²) < 4.78 is 27.3. The van der Waals surface area contributed by atoms with Gasteiger partial charge in [0, 0.05) is 18.4 Å². The van der Waals surface area contributed by atoms with Crippen molar-refractivity contribution >= 4 is 38.5 Å². The lowest BCUT2D eigenvalue weighted by molar-refractivity contribution is 0.359. The number of nitrogens with one attached hydrogen (secondary N) is 1. The molecule has 0 aromatic heterocycles. The van der Waals surface area contributed by atoms with Gasteiger partial charge in [0.05, 0.1) is 10.2 Å². The molecule has 1 aromatic rings. The number of amidine groups is 1. The fourth-order valence-electron chi connectivity index (χ4n) is 2.79. The van der Waals surface area contributed by atoms with Crippen LogP contribution in [0.15, 0.2) is 21.6 Å². The van der Waals surface area contributed by atoms with E-state index in [1.165, 1.54) is 25.7 Å². The maximum atomic E-state index is 13.8. The van der Waals surface area contributed by atoms with Crippen LogP contribution in [0.1, 0.15) is 25.7 Å². The fourth-order valence-corrected chi connectivity index (χ4v) is 4.27. The molecule has 1 spiro atoms. The Morgan fingerprint density at radius 2 is 1.95 bits per heavy atom. The van der Waals surface area contributed by atoms with Gasteiger partial charge in [-0.15, -0.1) is 0 Å². The summed E-state index contributed by atoms with van der Waals surface area (Å²) in [5.74, 6) is 0.0460. The summed E-state index contributed by atoms with van der Waals surface area (Å²) in [5, 5.41) is 3.58. The molecule has 3 rings (SSSR count). The van der Waals surface area contributed by atoms with Crippen molar-refractivity contribution in [2.75, 3.05) is 17.6 Å². The predicted octanol–water partition coefficient (Wildman–Crippen LogP) is 4.80. The molecule has 1 saturated carbocycles. The maximum absolute atomic E-state index is 13.8. The van der Waals surface area contributed by atoms with Gasteiger partial charge in [-0.05, 0) is 40.3 Å². The third-order valence-corrected chi connectivity index (χ3v) is 5.86. The van der Waals surface area contributed by atoms with E-state index in [4.69, 9.17) is 0 Å². The number of nitrogens with zero attached hydrogens (tertiary/aromatic N) is 1. The van der Waals surface area contributed by atoms with Gasteiger partial charge in [-0.1, -0.05) is 24.6 Å². The Balaban J connectivity index is 1.73. The molecule has 1 aromatic carbocycles. The van der Waals surface area contributed by atoms with Crippen molar-refractivity contribution in [1.82, 2.24) is 0 Å². The van der Waals surface area contributed by atoms with E-state index in [1.54, 1.807) is 11.8 Å². The largest absolute Gasteiger partial charge is 0.333 e. The topological polar surface area (TPSA) is 24.4 Å². The second-order valence-electron chi connectivity index (χ2n) is 5.49. The Morgan fingerprint density at radius 3 is 2.60 bits per heavy atom. The van der Waals surface area contributed by atoms with Crippen molar-refractivity contribution in [1.29, 1.82) is 0 Å². The molecule has 0 unspecified atom stereocenters. The lowest BCUT2D eigenvalue weighted by Gasteiger charge is -2.31. The number of benzene rings is 1. The Labute approximate surface area is 129 Å². The number of hydrogen-bond acceptors (Lipinski definition) is 3. The molecule has 0 radical (unpaired) electrons.